The van der Waals surface area contributed by atoms with Crippen LogP contribution in [0.25, 0.3) is 0 Å². The van der Waals surface area contributed by atoms with Crippen LogP contribution in [0.3, 0.4) is 0 Å². The molecule has 0 nitrogen and oxygen atoms in total. The van der Waals surface area contributed by atoms with Crippen LogP contribution < -0.4 is 0 Å². The van der Waals surface area contributed by atoms with E-state index in [4.69, 9.17) is 0 Å². The first kappa shape index (κ1) is 12.4. The molecule has 0 heteroatoms. The molecule has 0 aromatic heterocycles. The zero-order valence-corrected chi connectivity index (χ0v) is 9.03. The molecule has 0 spiro atoms. The SMILES string of the molecule is C=C\C=C/C(=C\C)C(/C=C/C)=C/C=C. The second-order valence-corrected chi connectivity index (χ2v) is 2.70. The molecule has 0 rings (SSSR count). The van der Waals surface area contributed by atoms with Gasteiger partial charge in [0.15, 0.2) is 0 Å². The fourth-order valence-corrected chi connectivity index (χ4v) is 1.09. The van der Waals surface area contributed by atoms with Crippen LogP contribution in [0.4, 0.5) is 0 Å². The quantitative estimate of drug-likeness (QED) is 0.559. The van der Waals surface area contributed by atoms with E-state index in [9.17, 15) is 0 Å². The van der Waals surface area contributed by atoms with Crippen molar-refractivity contribution in [2.24, 2.45) is 0 Å². The molecule has 14 heavy (non-hydrogen) atoms. The molecule has 0 N–H and O–H groups in total. The highest BCUT2D eigenvalue weighted by atomic mass is 14.0. The molecule has 0 aliphatic carbocycles. The van der Waals surface area contributed by atoms with Crippen LogP contribution in [0.5, 0.6) is 0 Å². The highest BCUT2D eigenvalue weighted by molar-refractivity contribution is 5.47. The first-order chi connectivity index (χ1) is 6.79. The van der Waals surface area contributed by atoms with E-state index in [1.807, 2.05) is 38.2 Å². The predicted octanol–water partition coefficient (Wildman–Crippen LogP) is 4.36. The fourth-order valence-electron chi connectivity index (χ4n) is 1.09. The van der Waals surface area contributed by atoms with Crippen molar-refractivity contribution in [1.29, 1.82) is 0 Å². The Labute approximate surface area is 87.3 Å². The van der Waals surface area contributed by atoms with Crippen molar-refractivity contribution in [2.45, 2.75) is 13.8 Å². The van der Waals surface area contributed by atoms with Gasteiger partial charge in [0.05, 0.1) is 0 Å². The number of rotatable bonds is 5. The first-order valence-electron chi connectivity index (χ1n) is 4.71. The van der Waals surface area contributed by atoms with Crippen molar-refractivity contribution in [3.8, 4) is 0 Å². The van der Waals surface area contributed by atoms with Crippen molar-refractivity contribution < 1.29 is 0 Å². The van der Waals surface area contributed by atoms with Gasteiger partial charge in [0.25, 0.3) is 0 Å². The van der Waals surface area contributed by atoms with E-state index in [0.29, 0.717) is 0 Å². The molecule has 0 fully saturated rings. The van der Waals surface area contributed by atoms with Crippen LogP contribution in [-0.2, 0) is 0 Å². The summed E-state index contributed by atoms with van der Waals surface area (Å²) >= 11 is 0. The van der Waals surface area contributed by atoms with Gasteiger partial charge in [-0.3, -0.25) is 0 Å². The number of allylic oxidation sites excluding steroid dienone is 10. The Morgan fingerprint density at radius 1 is 0.929 bits per heavy atom. The summed E-state index contributed by atoms with van der Waals surface area (Å²) in [4.78, 5) is 0. The molecule has 0 aliphatic heterocycles. The smallest absolute Gasteiger partial charge is 0.0191 e. The average Bonchev–Trinajstić information content (AvgIpc) is 2.19. The maximum atomic E-state index is 3.70. The molecule has 0 unspecified atom stereocenters. The van der Waals surface area contributed by atoms with Gasteiger partial charge in [-0.2, -0.15) is 0 Å². The van der Waals surface area contributed by atoms with E-state index >= 15 is 0 Å². The molecule has 0 atom stereocenters. The normalized spacial score (nSPS) is 13.9. The Kier molecular flexibility index (Phi) is 7.16. The number of hydrogen-bond acceptors (Lipinski definition) is 0. The predicted molar refractivity (Wildman–Crippen MR) is 66.2 cm³/mol. The van der Waals surface area contributed by atoms with E-state index in [0.717, 1.165) is 5.57 Å². The monoisotopic (exact) mass is 186 g/mol. The van der Waals surface area contributed by atoms with Crippen molar-refractivity contribution in [2.75, 3.05) is 0 Å². The highest BCUT2D eigenvalue weighted by Gasteiger charge is 1.94. The maximum Gasteiger partial charge on any atom is -0.0191 e. The molecule has 0 radical (unpaired) electrons. The van der Waals surface area contributed by atoms with Crippen LogP contribution >= 0.6 is 0 Å². The summed E-state index contributed by atoms with van der Waals surface area (Å²) in [7, 11) is 0. The van der Waals surface area contributed by atoms with Gasteiger partial charge in [0.2, 0.25) is 0 Å². The zero-order valence-electron chi connectivity index (χ0n) is 9.03. The van der Waals surface area contributed by atoms with Gasteiger partial charge in [0.1, 0.15) is 0 Å². The lowest BCUT2D eigenvalue weighted by molar-refractivity contribution is 1.49. The zero-order chi connectivity index (χ0) is 10.8. The third kappa shape index (κ3) is 4.46. The minimum atomic E-state index is 1.16. The molecule has 0 amide bonds. The summed E-state index contributed by atoms with van der Waals surface area (Å²) in [5, 5.41) is 0. The lowest BCUT2D eigenvalue weighted by Crippen LogP contribution is -1.81. The van der Waals surface area contributed by atoms with Crippen molar-refractivity contribution in [1.82, 2.24) is 0 Å². The summed E-state index contributed by atoms with van der Waals surface area (Å²) in [5.41, 5.74) is 2.33. The lowest BCUT2D eigenvalue weighted by atomic mass is 10.0. The van der Waals surface area contributed by atoms with E-state index in [-0.39, 0.29) is 0 Å². The molecule has 74 valence electrons. The maximum absolute atomic E-state index is 3.70. The van der Waals surface area contributed by atoms with E-state index in [2.05, 4.69) is 25.3 Å². The molecule has 0 saturated heterocycles. The molecule has 0 aliphatic rings. The summed E-state index contributed by atoms with van der Waals surface area (Å²) < 4.78 is 0. The van der Waals surface area contributed by atoms with Crippen LogP contribution in [0.1, 0.15) is 13.8 Å². The Hall–Kier alpha value is -1.56. The van der Waals surface area contributed by atoms with Crippen molar-refractivity contribution in [3.05, 3.63) is 72.9 Å². The van der Waals surface area contributed by atoms with Gasteiger partial charge < -0.3 is 0 Å². The highest BCUT2D eigenvalue weighted by Crippen LogP contribution is 2.13. The molecule has 0 aromatic carbocycles. The first-order valence-corrected chi connectivity index (χ1v) is 4.71. The number of hydrogen-bond donors (Lipinski definition) is 0. The summed E-state index contributed by atoms with van der Waals surface area (Å²) in [5.74, 6) is 0. The third-order valence-corrected chi connectivity index (χ3v) is 1.70. The van der Waals surface area contributed by atoms with Crippen LogP contribution in [0.2, 0.25) is 0 Å². The van der Waals surface area contributed by atoms with Gasteiger partial charge in [-0.15, -0.1) is 0 Å². The lowest BCUT2D eigenvalue weighted by Gasteiger charge is -2.01. The van der Waals surface area contributed by atoms with Crippen molar-refractivity contribution in [3.63, 3.8) is 0 Å². The summed E-state index contributed by atoms with van der Waals surface area (Å²) in [6.07, 6.45) is 15.6. The standard InChI is InChI=1S/C14H18/c1-5-9-12-13(8-4)14(10-6-2)11-7-3/h5-12H,1-2H2,3-4H3/b11-7+,12-9-,13-8+,14-10+. The minimum absolute atomic E-state index is 1.16. The minimum Gasteiger partial charge on any atom is -0.0991 e. The second-order valence-electron chi connectivity index (χ2n) is 2.70. The Morgan fingerprint density at radius 3 is 2.07 bits per heavy atom. The molecule has 0 aromatic rings. The van der Waals surface area contributed by atoms with Crippen LogP contribution in [0.15, 0.2) is 72.9 Å². The van der Waals surface area contributed by atoms with Gasteiger partial charge in [-0.1, -0.05) is 61.8 Å². The van der Waals surface area contributed by atoms with E-state index < -0.39 is 0 Å². The third-order valence-electron chi connectivity index (χ3n) is 1.70. The Balaban J connectivity index is 4.96. The fraction of sp³-hybridized carbons (Fsp3) is 0.143. The van der Waals surface area contributed by atoms with Crippen molar-refractivity contribution >= 4 is 0 Å². The summed E-state index contributed by atoms with van der Waals surface area (Å²) in [6.45, 7) is 11.4. The Bertz CT molecular complexity index is 296. The Morgan fingerprint density at radius 2 is 1.64 bits per heavy atom. The summed E-state index contributed by atoms with van der Waals surface area (Å²) in [6, 6.07) is 0. The largest absolute Gasteiger partial charge is 0.0991 e. The molecule has 0 bridgehead atoms. The topological polar surface area (TPSA) is 0 Å². The second kappa shape index (κ2) is 8.06. The molecule has 0 heterocycles. The van der Waals surface area contributed by atoms with Gasteiger partial charge >= 0.3 is 0 Å². The van der Waals surface area contributed by atoms with Crippen LogP contribution in [-0.4, -0.2) is 0 Å². The average molecular weight is 186 g/mol. The van der Waals surface area contributed by atoms with Gasteiger partial charge in [-0.05, 0) is 25.0 Å². The van der Waals surface area contributed by atoms with E-state index in [1.165, 1.54) is 5.57 Å². The molecule has 0 saturated carbocycles. The van der Waals surface area contributed by atoms with Crippen LogP contribution in [0, 0.1) is 0 Å². The van der Waals surface area contributed by atoms with Gasteiger partial charge in [0, 0.05) is 0 Å². The van der Waals surface area contributed by atoms with E-state index in [1.54, 1.807) is 12.2 Å². The van der Waals surface area contributed by atoms with Gasteiger partial charge in [-0.25, -0.2) is 0 Å². The molecular formula is C14H18. The molecular weight excluding hydrogens is 168 g/mol.